The summed E-state index contributed by atoms with van der Waals surface area (Å²) in [5.41, 5.74) is 2.34. The van der Waals surface area contributed by atoms with Crippen molar-refractivity contribution < 1.29 is 0 Å². The molecule has 4 aliphatic carbocycles. The van der Waals surface area contributed by atoms with Crippen LogP contribution in [0, 0.1) is 23.2 Å². The first-order valence-corrected chi connectivity index (χ1v) is 9.16. The van der Waals surface area contributed by atoms with Gasteiger partial charge in [0, 0.05) is 0 Å². The highest BCUT2D eigenvalue weighted by molar-refractivity contribution is 14.2. The molecule has 0 atom stereocenters. The second kappa shape index (κ2) is 3.54. The van der Waals surface area contributed by atoms with Gasteiger partial charge in [0.1, 0.15) is 0 Å². The Balaban J connectivity index is 1.74. The smallest absolute Gasteiger partial charge is 0.00388 e. The molecule has 4 saturated carbocycles. The van der Waals surface area contributed by atoms with Crippen LogP contribution in [0.5, 0.6) is 0 Å². The van der Waals surface area contributed by atoms with Gasteiger partial charge in [0.2, 0.25) is 0 Å². The van der Waals surface area contributed by atoms with E-state index in [1.54, 1.807) is 24.8 Å². The normalized spacial score (nSPS) is 49.0. The van der Waals surface area contributed by atoms with Crippen molar-refractivity contribution in [2.45, 2.75) is 38.5 Å². The van der Waals surface area contributed by atoms with Crippen molar-refractivity contribution in [2.24, 2.45) is 23.2 Å². The molecule has 0 aromatic rings. The van der Waals surface area contributed by atoms with Crippen molar-refractivity contribution in [3.63, 3.8) is 0 Å². The first kappa shape index (κ1) is 10.0. The van der Waals surface area contributed by atoms with Crippen molar-refractivity contribution in [2.75, 3.05) is 0 Å². The molecule has 86 valence electrons. The number of rotatable bonds is 1. The van der Waals surface area contributed by atoms with Gasteiger partial charge in [-0.3, -0.25) is 0 Å². The molecule has 0 radical (unpaired) electrons. The molecule has 1 heterocycles. The van der Waals surface area contributed by atoms with Crippen molar-refractivity contribution in [3.05, 3.63) is 21.8 Å². The summed E-state index contributed by atoms with van der Waals surface area (Å²) in [7, 11) is 0. The second-order valence-corrected chi connectivity index (χ2v) is 8.52. The zero-order valence-electron chi connectivity index (χ0n) is 9.66. The van der Waals surface area contributed by atoms with Crippen molar-refractivity contribution in [3.8, 4) is 0 Å². The van der Waals surface area contributed by atoms with Gasteiger partial charge in [0.15, 0.2) is 0 Å². The number of halogens is 1. The standard InChI is InChI=1S/C15H19I/c1-3-16-4-2-14(1)15-8-11-5-12(9-15)7-13(6-11)10-15/h1-4,11-13H,5-10H2. The highest BCUT2D eigenvalue weighted by Gasteiger charge is 2.51. The lowest BCUT2D eigenvalue weighted by molar-refractivity contribution is -0.0284. The van der Waals surface area contributed by atoms with Gasteiger partial charge in [0.05, 0.1) is 0 Å². The molecule has 1 heteroatoms. The molecule has 0 saturated heterocycles. The van der Waals surface area contributed by atoms with Crippen LogP contribution in [0.2, 0.25) is 0 Å². The van der Waals surface area contributed by atoms with E-state index in [0.29, 0.717) is 5.41 Å². The van der Waals surface area contributed by atoms with Crippen molar-refractivity contribution in [1.29, 1.82) is 0 Å². The summed E-state index contributed by atoms with van der Waals surface area (Å²) in [6, 6.07) is 0. The molecule has 0 N–H and O–H groups in total. The molecule has 5 rings (SSSR count). The summed E-state index contributed by atoms with van der Waals surface area (Å²) in [4.78, 5) is 0. The average molecular weight is 326 g/mol. The van der Waals surface area contributed by atoms with E-state index in [9.17, 15) is 0 Å². The van der Waals surface area contributed by atoms with E-state index in [1.807, 2.05) is 0 Å². The van der Waals surface area contributed by atoms with E-state index in [0.717, 1.165) is 17.8 Å². The summed E-state index contributed by atoms with van der Waals surface area (Å²) in [6.07, 6.45) is 14.2. The molecule has 0 aromatic heterocycles. The zero-order valence-corrected chi connectivity index (χ0v) is 11.8. The Hall–Kier alpha value is 0.0800. The summed E-state index contributed by atoms with van der Waals surface area (Å²) in [5.74, 6) is 3.24. The predicted molar refractivity (Wildman–Crippen MR) is 77.9 cm³/mol. The van der Waals surface area contributed by atoms with Gasteiger partial charge in [-0.1, -0.05) is 32.9 Å². The van der Waals surface area contributed by atoms with Crippen molar-refractivity contribution in [1.82, 2.24) is 0 Å². The minimum atomic E-state index is 0.262. The molecule has 4 fully saturated rings. The maximum atomic E-state index is 2.49. The Morgan fingerprint density at radius 1 is 1.00 bits per heavy atom. The van der Waals surface area contributed by atoms with E-state index in [1.165, 1.54) is 19.3 Å². The van der Waals surface area contributed by atoms with Crippen LogP contribution in [0.3, 0.4) is 0 Å². The molecule has 0 unspecified atom stereocenters. The fourth-order valence-corrected chi connectivity index (χ4v) is 6.55. The van der Waals surface area contributed by atoms with Crippen LogP contribution in [0.4, 0.5) is 0 Å². The number of hydrogen-bond donors (Lipinski definition) is 0. The molecule has 0 amide bonds. The molecule has 0 nitrogen and oxygen atoms in total. The van der Waals surface area contributed by atoms with Gasteiger partial charge in [-0.05, 0) is 75.4 Å². The van der Waals surface area contributed by atoms with E-state index >= 15 is 0 Å². The topological polar surface area (TPSA) is 0 Å². The Kier molecular flexibility index (Phi) is 2.22. The third kappa shape index (κ3) is 1.43. The molecule has 4 bridgehead atoms. The number of hydrogen-bond acceptors (Lipinski definition) is 0. The van der Waals surface area contributed by atoms with Crippen molar-refractivity contribution >= 4 is 24.7 Å². The quantitative estimate of drug-likeness (QED) is 0.626. The van der Waals surface area contributed by atoms with E-state index in [2.05, 4.69) is 20.2 Å². The fraction of sp³-hybridized carbons (Fsp3) is 0.667. The molecule has 0 spiro atoms. The lowest BCUT2D eigenvalue weighted by atomic mass is 9.48. The lowest BCUT2D eigenvalue weighted by Crippen LogP contribution is -2.46. The third-order valence-electron chi connectivity index (χ3n) is 5.28. The Morgan fingerprint density at radius 3 is 2.12 bits per heavy atom. The molecule has 0 aromatic carbocycles. The molecular weight excluding hydrogens is 307 g/mol. The fourth-order valence-electron chi connectivity index (χ4n) is 5.12. The average Bonchev–Trinajstić information content (AvgIpc) is 2.28. The van der Waals surface area contributed by atoms with E-state index in [-0.39, 0.29) is 20.7 Å². The van der Waals surface area contributed by atoms with Gasteiger partial charge >= 0.3 is 0 Å². The van der Waals surface area contributed by atoms with Crippen LogP contribution < -0.4 is 0 Å². The van der Waals surface area contributed by atoms with Crippen LogP contribution >= 0.6 is 20.7 Å². The van der Waals surface area contributed by atoms with Gasteiger partial charge in [-0.25, -0.2) is 0 Å². The molecule has 1 aliphatic heterocycles. The maximum Gasteiger partial charge on any atom is -0.00388 e. The van der Waals surface area contributed by atoms with Crippen LogP contribution in [-0.2, 0) is 0 Å². The third-order valence-corrected chi connectivity index (χ3v) is 6.83. The first-order valence-electron chi connectivity index (χ1n) is 6.67. The van der Waals surface area contributed by atoms with E-state index in [4.69, 9.17) is 0 Å². The number of allylic oxidation sites excluding steroid dienone is 3. The minimum absolute atomic E-state index is 0.262. The lowest BCUT2D eigenvalue weighted by Gasteiger charge is -2.57. The van der Waals surface area contributed by atoms with Crippen LogP contribution in [0.25, 0.3) is 0 Å². The van der Waals surface area contributed by atoms with Crippen LogP contribution in [-0.4, -0.2) is 4.01 Å². The second-order valence-electron chi connectivity index (χ2n) is 6.36. The molecule has 5 aliphatic rings. The highest BCUT2D eigenvalue weighted by atomic mass is 127. The maximum absolute atomic E-state index is 2.49. The van der Waals surface area contributed by atoms with Gasteiger partial charge < -0.3 is 0 Å². The zero-order chi connectivity index (χ0) is 10.6. The summed E-state index contributed by atoms with van der Waals surface area (Å²) in [5, 5.41) is 0. The van der Waals surface area contributed by atoms with Gasteiger partial charge in [-0.2, -0.15) is 0 Å². The van der Waals surface area contributed by atoms with Gasteiger partial charge in [0.25, 0.3) is 0 Å². The summed E-state index contributed by atoms with van der Waals surface area (Å²) >= 11 is 0.262. The largest absolute Gasteiger partial charge is 0.0937 e. The summed E-state index contributed by atoms with van der Waals surface area (Å²) in [6.45, 7) is 0. The SMILES string of the molecule is C1=CC(C23CC4CC(CC(C4)C2)C3)=CC=I1. The van der Waals surface area contributed by atoms with E-state index < -0.39 is 0 Å². The van der Waals surface area contributed by atoms with Crippen LogP contribution in [0.1, 0.15) is 38.5 Å². The molecular formula is C15H19I. The Labute approximate surface area is 108 Å². The summed E-state index contributed by atoms with van der Waals surface area (Å²) < 4.78 is 4.93. The monoisotopic (exact) mass is 326 g/mol. The molecule has 16 heavy (non-hydrogen) atoms. The minimum Gasteiger partial charge on any atom is -0.0937 e. The van der Waals surface area contributed by atoms with Crippen LogP contribution in [0.15, 0.2) is 21.8 Å². The Bertz CT molecular complexity index is 364. The van der Waals surface area contributed by atoms with Gasteiger partial charge in [-0.15, -0.1) is 0 Å². The Morgan fingerprint density at radius 2 is 1.62 bits per heavy atom. The predicted octanol–water partition coefficient (Wildman–Crippen LogP) is 4.43. The first-order chi connectivity index (χ1) is 7.84. The highest BCUT2D eigenvalue weighted by Crippen LogP contribution is 2.63.